The number of carbonyl (C=O) groups excluding carboxylic acids is 1. The van der Waals surface area contributed by atoms with Gasteiger partial charge in [-0.1, -0.05) is 50.6 Å². The molecule has 2 N–H and O–H groups in total. The Labute approximate surface area is 234 Å². The van der Waals surface area contributed by atoms with Gasteiger partial charge in [-0.05, 0) is 50.7 Å². The number of aromatic nitrogens is 3. The fraction of sp³-hybridized carbons (Fsp3) is 0.533. The molecular formula is C30H37ClN6O2. The molecule has 2 atom stereocenters. The van der Waals surface area contributed by atoms with Gasteiger partial charge in [0.25, 0.3) is 5.56 Å². The first-order chi connectivity index (χ1) is 18.4. The number of pyridine rings is 1. The van der Waals surface area contributed by atoms with Crippen LogP contribution in [0.25, 0.3) is 22.2 Å². The summed E-state index contributed by atoms with van der Waals surface area (Å²) in [6.07, 6.45) is 4.62. The van der Waals surface area contributed by atoms with Gasteiger partial charge in [-0.3, -0.25) is 9.36 Å². The van der Waals surface area contributed by atoms with Crippen molar-refractivity contribution in [2.75, 3.05) is 18.4 Å². The van der Waals surface area contributed by atoms with Crippen molar-refractivity contribution in [1.29, 1.82) is 0 Å². The van der Waals surface area contributed by atoms with Gasteiger partial charge >= 0.3 is 6.03 Å². The van der Waals surface area contributed by atoms with Crippen LogP contribution in [-0.4, -0.2) is 50.1 Å². The molecule has 0 spiro atoms. The van der Waals surface area contributed by atoms with Crippen LogP contribution in [0.5, 0.6) is 0 Å². The Morgan fingerprint density at radius 2 is 1.77 bits per heavy atom. The Morgan fingerprint density at radius 1 is 1.08 bits per heavy atom. The molecule has 9 heteroatoms. The van der Waals surface area contributed by atoms with E-state index in [0.717, 1.165) is 43.3 Å². The highest BCUT2D eigenvalue weighted by atomic mass is 35.5. The van der Waals surface area contributed by atoms with E-state index in [4.69, 9.17) is 16.6 Å². The van der Waals surface area contributed by atoms with E-state index < -0.39 is 0 Å². The van der Waals surface area contributed by atoms with Gasteiger partial charge < -0.3 is 15.5 Å². The second-order valence-electron chi connectivity index (χ2n) is 13.4. The van der Waals surface area contributed by atoms with E-state index in [1.54, 1.807) is 12.3 Å². The van der Waals surface area contributed by atoms with Crippen molar-refractivity contribution in [3.8, 4) is 11.1 Å². The lowest BCUT2D eigenvalue weighted by molar-refractivity contribution is 0.179. The monoisotopic (exact) mass is 548 g/mol. The zero-order valence-corrected chi connectivity index (χ0v) is 24.0. The van der Waals surface area contributed by atoms with Crippen LogP contribution in [-0.2, 0) is 0 Å². The van der Waals surface area contributed by atoms with Crippen molar-refractivity contribution < 1.29 is 4.79 Å². The number of likely N-dealkylation sites (tertiary alicyclic amines) is 1. The number of halogens is 1. The maximum Gasteiger partial charge on any atom is 0.317 e. The number of amides is 2. The van der Waals surface area contributed by atoms with Crippen molar-refractivity contribution >= 4 is 34.6 Å². The first-order valence-corrected chi connectivity index (χ1v) is 14.3. The van der Waals surface area contributed by atoms with Crippen molar-refractivity contribution in [3.63, 3.8) is 0 Å². The Kier molecular flexibility index (Phi) is 6.17. The van der Waals surface area contributed by atoms with Crippen LogP contribution < -0.4 is 16.2 Å². The smallest absolute Gasteiger partial charge is 0.317 e. The maximum atomic E-state index is 13.6. The SMILES string of the molecule is CC(C)(C)CC(C)(C)NC(=O)N1CC2C(C1)C2Nc1ncc2cc(-c3ccccc3Cl)c(=O)n(C3CC3)c2n1. The van der Waals surface area contributed by atoms with Gasteiger partial charge in [-0.15, -0.1) is 0 Å². The molecule has 2 unspecified atom stereocenters. The van der Waals surface area contributed by atoms with Gasteiger partial charge in [0.15, 0.2) is 0 Å². The van der Waals surface area contributed by atoms with Crippen LogP contribution in [0.3, 0.4) is 0 Å². The number of hydrogen-bond donors (Lipinski definition) is 2. The molecule has 3 aliphatic rings. The predicted molar refractivity (Wildman–Crippen MR) is 155 cm³/mol. The summed E-state index contributed by atoms with van der Waals surface area (Å²) in [5, 5.41) is 8.09. The molecule has 3 heterocycles. The molecule has 206 valence electrons. The molecule has 2 amide bonds. The lowest BCUT2D eigenvalue weighted by Gasteiger charge is -2.35. The van der Waals surface area contributed by atoms with Crippen LogP contribution in [0.4, 0.5) is 10.7 Å². The second kappa shape index (κ2) is 9.22. The molecule has 2 aromatic heterocycles. The van der Waals surface area contributed by atoms with Crippen LogP contribution in [0.1, 0.15) is 59.9 Å². The number of hydrogen-bond acceptors (Lipinski definition) is 5. The lowest BCUT2D eigenvalue weighted by Crippen LogP contribution is -2.51. The quantitative estimate of drug-likeness (QED) is 0.411. The number of urea groups is 1. The highest BCUT2D eigenvalue weighted by molar-refractivity contribution is 6.33. The van der Waals surface area contributed by atoms with E-state index in [1.807, 2.05) is 33.7 Å². The summed E-state index contributed by atoms with van der Waals surface area (Å²) in [6, 6.07) is 9.68. The number of piperidine rings is 1. The van der Waals surface area contributed by atoms with E-state index in [-0.39, 0.29) is 34.6 Å². The van der Waals surface area contributed by atoms with Crippen LogP contribution >= 0.6 is 11.6 Å². The molecule has 8 nitrogen and oxygen atoms in total. The van der Waals surface area contributed by atoms with Gasteiger partial charge in [0, 0.05) is 70.3 Å². The Bertz CT molecular complexity index is 1490. The number of carbonyl (C=O) groups is 1. The largest absolute Gasteiger partial charge is 0.351 e. The first kappa shape index (κ1) is 26.1. The average molecular weight is 549 g/mol. The molecular weight excluding hydrogens is 512 g/mol. The molecule has 2 aliphatic carbocycles. The summed E-state index contributed by atoms with van der Waals surface area (Å²) in [6.45, 7) is 12.2. The molecule has 1 aliphatic heterocycles. The van der Waals surface area contributed by atoms with E-state index in [1.165, 1.54) is 0 Å². The molecule has 3 aromatic rings. The molecule has 1 saturated heterocycles. The number of anilines is 1. The number of fused-ring (bicyclic) bond motifs is 2. The number of nitrogens with one attached hydrogen (secondary N) is 2. The van der Waals surface area contributed by atoms with Crippen LogP contribution in [0.2, 0.25) is 5.02 Å². The molecule has 0 radical (unpaired) electrons. The van der Waals surface area contributed by atoms with Crippen molar-refractivity contribution in [2.24, 2.45) is 17.3 Å². The third-order valence-electron chi connectivity index (χ3n) is 8.04. The Morgan fingerprint density at radius 3 is 2.41 bits per heavy atom. The minimum atomic E-state index is -0.262. The van der Waals surface area contributed by atoms with Crippen molar-refractivity contribution in [2.45, 2.75) is 71.5 Å². The maximum absolute atomic E-state index is 13.6. The molecule has 6 rings (SSSR count). The number of nitrogens with zero attached hydrogens (tertiary/aromatic N) is 4. The summed E-state index contributed by atoms with van der Waals surface area (Å²) in [5.74, 6) is 1.30. The number of benzene rings is 1. The van der Waals surface area contributed by atoms with Gasteiger partial charge in [-0.2, -0.15) is 4.98 Å². The average Bonchev–Trinajstić information content (AvgIpc) is 3.74. The van der Waals surface area contributed by atoms with E-state index in [0.29, 0.717) is 34.0 Å². The van der Waals surface area contributed by atoms with Gasteiger partial charge in [0.2, 0.25) is 5.95 Å². The fourth-order valence-electron chi connectivity index (χ4n) is 6.53. The Hall–Kier alpha value is -3.13. The minimum absolute atomic E-state index is 0.0138. The predicted octanol–water partition coefficient (Wildman–Crippen LogP) is 5.71. The summed E-state index contributed by atoms with van der Waals surface area (Å²) in [7, 11) is 0. The van der Waals surface area contributed by atoms with E-state index in [2.05, 4.69) is 50.2 Å². The third kappa shape index (κ3) is 5.23. The zero-order chi connectivity index (χ0) is 27.7. The van der Waals surface area contributed by atoms with Crippen LogP contribution in [0, 0.1) is 17.3 Å². The van der Waals surface area contributed by atoms with Crippen LogP contribution in [0.15, 0.2) is 41.3 Å². The summed E-state index contributed by atoms with van der Waals surface area (Å²) < 4.78 is 1.82. The van der Waals surface area contributed by atoms with Gasteiger partial charge in [0.05, 0.1) is 0 Å². The topological polar surface area (TPSA) is 92.2 Å². The molecule has 1 aromatic carbocycles. The summed E-state index contributed by atoms with van der Waals surface area (Å²) >= 11 is 6.43. The minimum Gasteiger partial charge on any atom is -0.351 e. The van der Waals surface area contributed by atoms with Crippen molar-refractivity contribution in [1.82, 2.24) is 24.8 Å². The highest BCUT2D eigenvalue weighted by Crippen LogP contribution is 2.47. The standard InChI is InChI=1S/C30H37ClN6O2/c1-29(2,3)16-30(4,5)35-28(39)36-14-21-22(15-36)24(21)33-27-32-13-17-12-20(19-8-6-7-9-23(19)31)26(38)37(18-10-11-18)25(17)34-27/h6-9,12-13,18,21-22,24H,10-11,14-16H2,1-5H3,(H,35,39)(H,32,33,34). The van der Waals surface area contributed by atoms with Gasteiger partial charge in [-0.25, -0.2) is 9.78 Å². The van der Waals surface area contributed by atoms with E-state index >= 15 is 0 Å². The highest BCUT2D eigenvalue weighted by Gasteiger charge is 2.57. The fourth-order valence-corrected chi connectivity index (χ4v) is 6.77. The van der Waals surface area contributed by atoms with Gasteiger partial charge in [0.1, 0.15) is 5.65 Å². The lowest BCUT2D eigenvalue weighted by atomic mass is 9.82. The first-order valence-electron chi connectivity index (χ1n) is 13.9. The number of rotatable bonds is 6. The van der Waals surface area contributed by atoms with E-state index in [9.17, 15) is 9.59 Å². The second-order valence-corrected chi connectivity index (χ2v) is 13.8. The summed E-state index contributed by atoms with van der Waals surface area (Å²) in [5.41, 5.74) is 1.76. The van der Waals surface area contributed by atoms with Crippen molar-refractivity contribution in [3.05, 3.63) is 51.9 Å². The zero-order valence-electron chi connectivity index (χ0n) is 23.3. The molecule has 3 fully saturated rings. The summed E-state index contributed by atoms with van der Waals surface area (Å²) in [4.78, 5) is 37.9. The Balaban J connectivity index is 1.16. The third-order valence-corrected chi connectivity index (χ3v) is 8.37. The normalized spacial score (nSPS) is 22.6. The molecule has 2 saturated carbocycles. The molecule has 0 bridgehead atoms. The molecule has 39 heavy (non-hydrogen) atoms.